The van der Waals surface area contributed by atoms with Crippen LogP contribution in [0.5, 0.6) is 0 Å². The van der Waals surface area contributed by atoms with Gasteiger partial charge in [-0.1, -0.05) is 0 Å². The molecule has 0 radical (unpaired) electrons. The van der Waals surface area contributed by atoms with Crippen LogP contribution in [0.2, 0.25) is 0 Å². The largest absolute Gasteiger partial charge is 0.477 e. The van der Waals surface area contributed by atoms with Crippen molar-refractivity contribution in [2.45, 2.75) is 161 Å². The molecule has 2 amide bonds. The fourth-order valence-corrected chi connectivity index (χ4v) is 7.79. The van der Waals surface area contributed by atoms with E-state index < -0.39 is 197 Å². The summed E-state index contributed by atoms with van der Waals surface area (Å²) in [6.07, 6.45) is -37.7. The van der Waals surface area contributed by atoms with E-state index in [1.165, 1.54) is 0 Å². The van der Waals surface area contributed by atoms with Crippen molar-refractivity contribution in [2.75, 3.05) is 26.4 Å². The van der Waals surface area contributed by atoms with E-state index >= 15 is 0 Å². The van der Waals surface area contributed by atoms with Gasteiger partial charge in [-0.15, -0.1) is 0 Å². The lowest BCUT2D eigenvalue weighted by atomic mass is 9.87. The van der Waals surface area contributed by atoms with Crippen LogP contribution in [0.3, 0.4) is 0 Å². The first-order chi connectivity index (χ1) is 29.4. The number of amides is 2. The lowest BCUT2D eigenvalue weighted by molar-refractivity contribution is -0.384. The van der Waals surface area contributed by atoms with Gasteiger partial charge >= 0.3 is 11.9 Å². The monoisotopic (exact) mass is 923 g/mol. The van der Waals surface area contributed by atoms with Crippen molar-refractivity contribution in [3.05, 3.63) is 0 Å². The number of carboxylic acids is 2. The van der Waals surface area contributed by atoms with Crippen LogP contribution in [0.4, 0.5) is 0 Å². The number of rotatable bonds is 18. The summed E-state index contributed by atoms with van der Waals surface area (Å²) in [5, 5.41) is 164. The van der Waals surface area contributed by atoms with Crippen LogP contribution in [-0.2, 0) is 52.3 Å². The first-order valence-electron chi connectivity index (χ1n) is 19.4. The van der Waals surface area contributed by atoms with Crippen molar-refractivity contribution in [1.29, 1.82) is 0 Å². The fourth-order valence-electron chi connectivity index (χ4n) is 7.79. The number of aliphatic hydroxyl groups excluding tert-OH is 13. The van der Waals surface area contributed by atoms with Gasteiger partial charge in [-0.2, -0.15) is 0 Å². The Morgan fingerprint density at radius 3 is 1.68 bits per heavy atom. The average Bonchev–Trinajstić information content (AvgIpc) is 3.22. The Bertz CT molecular complexity index is 1570. The maximum absolute atomic E-state index is 13.1. The summed E-state index contributed by atoms with van der Waals surface area (Å²) in [6, 6.07) is -5.09. The first kappa shape index (κ1) is 52.7. The molecule has 0 saturated carbocycles. The normalized spacial score (nSPS) is 42.9. The summed E-state index contributed by atoms with van der Waals surface area (Å²) >= 11 is 0. The summed E-state index contributed by atoms with van der Waals surface area (Å²) < 4.78 is 38.7. The van der Waals surface area contributed by atoms with Crippen LogP contribution < -0.4 is 16.4 Å². The molecule has 364 valence electrons. The molecule has 0 aliphatic carbocycles. The van der Waals surface area contributed by atoms with E-state index in [-0.39, 0.29) is 0 Å². The molecule has 0 spiro atoms. The Labute approximate surface area is 356 Å². The predicted octanol–water partition coefficient (Wildman–Crippen LogP) is -11.1. The van der Waals surface area contributed by atoms with E-state index in [1.807, 2.05) is 0 Å². The highest BCUT2D eigenvalue weighted by atomic mass is 16.8. The molecule has 0 unspecified atom stereocenters. The van der Waals surface area contributed by atoms with Crippen molar-refractivity contribution in [2.24, 2.45) is 5.73 Å². The highest BCUT2D eigenvalue weighted by Crippen LogP contribution is 2.40. The molecule has 29 heteroatoms. The smallest absolute Gasteiger partial charge is 0.364 e. The zero-order valence-electron chi connectivity index (χ0n) is 33.6. The molecule has 29 nitrogen and oxygen atoms in total. The van der Waals surface area contributed by atoms with Gasteiger partial charge in [0.25, 0.3) is 11.6 Å². The van der Waals surface area contributed by atoms with Gasteiger partial charge in [0.05, 0.1) is 56.8 Å². The Morgan fingerprint density at radius 2 is 1.21 bits per heavy atom. The molecular weight excluding hydrogens is 866 g/mol. The third kappa shape index (κ3) is 11.2. The minimum atomic E-state index is -3.31. The Kier molecular flexibility index (Phi) is 18.0. The second-order valence-electron chi connectivity index (χ2n) is 15.6. The van der Waals surface area contributed by atoms with Crippen LogP contribution in [0.1, 0.15) is 26.7 Å². The predicted molar refractivity (Wildman–Crippen MR) is 193 cm³/mol. The van der Waals surface area contributed by atoms with Gasteiger partial charge in [0.15, 0.2) is 12.6 Å². The third-order valence-corrected chi connectivity index (χ3v) is 11.1. The topological polar surface area (TPSA) is 486 Å². The Morgan fingerprint density at radius 1 is 0.698 bits per heavy atom. The fraction of sp³-hybridized carbons (Fsp3) is 0.882. The van der Waals surface area contributed by atoms with Crippen LogP contribution >= 0.6 is 0 Å². The maximum atomic E-state index is 13.1. The van der Waals surface area contributed by atoms with Crippen molar-refractivity contribution >= 4 is 23.8 Å². The van der Waals surface area contributed by atoms with Gasteiger partial charge in [-0.25, -0.2) is 9.59 Å². The van der Waals surface area contributed by atoms with Crippen molar-refractivity contribution in [3.63, 3.8) is 0 Å². The molecule has 0 aromatic heterocycles. The zero-order chi connectivity index (χ0) is 47.5. The molecule has 19 N–H and O–H groups in total. The molecule has 4 rings (SSSR count). The minimum Gasteiger partial charge on any atom is -0.477 e. The SMILES string of the molecule is CC(=O)N[C@H]1[C@H]([C@H](O)[C@H](O)CO)O[C@@](O[C@H](CO)[C@@H](O)[C@@H]2O[C@@](O[C@H]3[C@@H](O)[C@@H](CO)O[C@@H](O[C@H]4[C@H](O)[C@@H](N)[C@H](O)O[C@@H]4CO)[C@@H]3O)(C(=O)O)C[C@H](O)[C@H]2NC(C)=O)(C(=O)O)C[C@@H]1O. The summed E-state index contributed by atoms with van der Waals surface area (Å²) in [6.45, 7) is -2.64. The van der Waals surface area contributed by atoms with Crippen molar-refractivity contribution in [3.8, 4) is 0 Å². The maximum Gasteiger partial charge on any atom is 0.364 e. The minimum absolute atomic E-state index is 0.832. The number of aliphatic carboxylic acids is 2. The van der Waals surface area contributed by atoms with Gasteiger partial charge in [-0.3, -0.25) is 9.59 Å². The van der Waals surface area contributed by atoms with Crippen molar-refractivity contribution < 1.29 is 129 Å². The number of carboxylic acid groups (broad SMARTS) is 2. The number of ether oxygens (including phenoxy) is 7. The first-order valence-corrected chi connectivity index (χ1v) is 19.4. The summed E-state index contributed by atoms with van der Waals surface area (Å²) in [7, 11) is 0. The number of nitrogens with two attached hydrogens (primary N) is 1. The second-order valence-corrected chi connectivity index (χ2v) is 15.6. The highest BCUT2D eigenvalue weighted by molar-refractivity contribution is 5.77. The summed E-state index contributed by atoms with van der Waals surface area (Å²) in [5.74, 6) is -12.6. The van der Waals surface area contributed by atoms with E-state index in [4.69, 9.17) is 38.9 Å². The van der Waals surface area contributed by atoms with E-state index in [1.54, 1.807) is 0 Å². The van der Waals surface area contributed by atoms with E-state index in [0.717, 1.165) is 13.8 Å². The molecule has 4 saturated heterocycles. The highest BCUT2D eigenvalue weighted by Gasteiger charge is 2.62. The number of nitrogens with one attached hydrogen (secondary N) is 2. The third-order valence-electron chi connectivity index (χ3n) is 11.1. The second kappa shape index (κ2) is 21.6. The molecule has 4 heterocycles. The number of aliphatic hydroxyl groups is 13. The lowest BCUT2D eigenvalue weighted by Gasteiger charge is -2.51. The molecule has 4 aliphatic heterocycles. The Hall–Kier alpha value is -2.96. The molecule has 0 aromatic rings. The number of hydrogen-bond donors (Lipinski definition) is 18. The molecule has 63 heavy (non-hydrogen) atoms. The van der Waals surface area contributed by atoms with Gasteiger partial charge in [0.2, 0.25) is 11.8 Å². The molecule has 0 aromatic carbocycles. The molecule has 4 fully saturated rings. The van der Waals surface area contributed by atoms with Crippen LogP contribution in [0.25, 0.3) is 0 Å². The van der Waals surface area contributed by atoms with Gasteiger partial charge in [0, 0.05) is 26.7 Å². The van der Waals surface area contributed by atoms with Gasteiger partial charge in [-0.05, 0) is 0 Å². The zero-order valence-corrected chi connectivity index (χ0v) is 33.6. The molecule has 0 bridgehead atoms. The van der Waals surface area contributed by atoms with Crippen molar-refractivity contribution in [1.82, 2.24) is 10.6 Å². The van der Waals surface area contributed by atoms with Crippen LogP contribution in [0.15, 0.2) is 0 Å². The quantitative estimate of drug-likeness (QED) is 0.0607. The average molecular weight is 924 g/mol. The molecule has 4 aliphatic rings. The summed E-state index contributed by atoms with van der Waals surface area (Å²) in [5.41, 5.74) is 5.74. The molecule has 22 atom stereocenters. The number of carbonyl (C=O) groups is 4. The van der Waals surface area contributed by atoms with Crippen LogP contribution in [-0.4, -0.2) is 261 Å². The standard InChI is InChI=1S/C34H57N3O26/c1-9(42)36-18-11(44)3-33(31(53)54,61-26(18)20(47)13(46)5-38)60-15(7-40)22(49)27-19(37-10(2)43)12(45)4-34(62-27,32(55)56)63-28-21(48)14(6-39)58-30(24(28)51)59-25-16(8-41)57-29(52)17(35)23(25)50/h11-30,38-41,44-52H,3-8,35H2,1-2H3,(H,36,42)(H,37,43)(H,53,54)(H,55,56)/t11-,12-,13+,14+,15+,16+,17+,18+,19+,20+,21-,22+,23+,24+,25+,26+,27+,28-,29+,30-,33+,34-/m0/s1. The number of hydrogen-bond acceptors (Lipinski definition) is 25. The Balaban J connectivity index is 1.72. The van der Waals surface area contributed by atoms with Gasteiger partial charge in [0.1, 0.15) is 79.4 Å². The lowest BCUT2D eigenvalue weighted by Crippen LogP contribution is -2.72. The van der Waals surface area contributed by atoms with E-state index in [2.05, 4.69) is 10.6 Å². The number of carbonyl (C=O) groups excluding carboxylic acids is 2. The van der Waals surface area contributed by atoms with E-state index in [9.17, 15) is 95.8 Å². The van der Waals surface area contributed by atoms with Gasteiger partial charge < -0.3 is 126 Å². The van der Waals surface area contributed by atoms with E-state index in [0.29, 0.717) is 0 Å². The van der Waals surface area contributed by atoms with Crippen LogP contribution in [0, 0.1) is 0 Å². The summed E-state index contributed by atoms with van der Waals surface area (Å²) in [4.78, 5) is 50.3. The molecular formula is C34H57N3O26.